The van der Waals surface area contributed by atoms with Gasteiger partial charge in [-0.05, 0) is 49.7 Å². The van der Waals surface area contributed by atoms with E-state index in [1.807, 2.05) is 0 Å². The number of halogens is 1. The Hall–Kier alpha value is -2.63. The van der Waals surface area contributed by atoms with E-state index in [9.17, 15) is 9.18 Å². The highest BCUT2D eigenvalue weighted by Crippen LogP contribution is 2.29. The second-order valence-electron chi connectivity index (χ2n) is 6.67. The zero-order valence-electron chi connectivity index (χ0n) is 16.8. The van der Waals surface area contributed by atoms with E-state index < -0.39 is 11.9 Å². The number of rotatable bonds is 7. The Kier molecular flexibility index (Phi) is 9.76. The lowest BCUT2D eigenvalue weighted by molar-refractivity contribution is -0.159. The summed E-state index contributed by atoms with van der Waals surface area (Å²) in [6.45, 7) is 1.98. The molecule has 0 saturated carbocycles. The van der Waals surface area contributed by atoms with Crippen LogP contribution in [-0.4, -0.2) is 67.5 Å². The molecule has 11 heteroatoms. The van der Waals surface area contributed by atoms with Crippen LogP contribution in [0.15, 0.2) is 35.4 Å². The summed E-state index contributed by atoms with van der Waals surface area (Å²) in [7, 11) is 2.11. The molecule has 1 aromatic carbocycles. The van der Waals surface area contributed by atoms with Gasteiger partial charge < -0.3 is 15.1 Å². The monoisotopic (exact) mass is 467 g/mol. The number of Topliss-reactive ketones (excluding diaryl/α,β-unsaturated/α-hetero) is 1. The highest BCUT2D eigenvalue weighted by atomic mass is 32.2. The molecule has 1 aromatic heterocycles. The third kappa shape index (κ3) is 8.19. The molecule has 1 aliphatic rings. The van der Waals surface area contributed by atoms with E-state index in [0.29, 0.717) is 12.0 Å². The van der Waals surface area contributed by atoms with Gasteiger partial charge in [0.05, 0.1) is 11.7 Å². The second kappa shape index (κ2) is 12.3. The largest absolute Gasteiger partial charge is 0.473 e. The second-order valence-corrected chi connectivity index (χ2v) is 8.28. The number of aliphatic carboxylic acids is 2. The number of hydrogen-bond acceptors (Lipinski definition) is 8. The summed E-state index contributed by atoms with van der Waals surface area (Å²) in [5, 5.41) is 15.7. The third-order valence-electron chi connectivity index (χ3n) is 4.24. The van der Waals surface area contributed by atoms with Crippen LogP contribution in [0, 0.1) is 5.82 Å². The summed E-state index contributed by atoms with van der Waals surface area (Å²) < 4.78 is 21.8. The van der Waals surface area contributed by atoms with Crippen LogP contribution in [0.5, 0.6) is 0 Å². The average molecular weight is 468 g/mol. The minimum Gasteiger partial charge on any atom is -0.473 e. The van der Waals surface area contributed by atoms with Crippen LogP contribution in [0.3, 0.4) is 0 Å². The van der Waals surface area contributed by atoms with Gasteiger partial charge in [-0.15, -0.1) is 11.8 Å². The van der Waals surface area contributed by atoms with Crippen LogP contribution in [0.1, 0.15) is 35.3 Å². The lowest BCUT2D eigenvalue weighted by Crippen LogP contribution is -2.25. The van der Waals surface area contributed by atoms with Crippen molar-refractivity contribution in [2.45, 2.75) is 24.3 Å². The highest BCUT2D eigenvalue weighted by molar-refractivity contribution is 7.99. The number of carboxylic acid groups (broad SMARTS) is 2. The first-order valence-corrected chi connectivity index (χ1v) is 11.1. The van der Waals surface area contributed by atoms with Gasteiger partial charge in [-0.1, -0.05) is 6.08 Å². The van der Waals surface area contributed by atoms with Crippen LogP contribution < -0.4 is 0 Å². The Morgan fingerprint density at radius 2 is 1.84 bits per heavy atom. The van der Waals surface area contributed by atoms with Crippen molar-refractivity contribution < 1.29 is 29.0 Å². The minimum absolute atomic E-state index is 0.0499. The standard InChI is InChI=1S/C18H20FN3OS2.C2H2O4/c1-22-10-2-4-14(12-22)17-18(21-25-20-17)24-11-3-5-16(23)13-6-8-15(19)9-7-13;3-1(4)2(5)6/h4,6-9H,2-3,5,10-12H2,1H3;(H,3,4)(H,5,6). The summed E-state index contributed by atoms with van der Waals surface area (Å²) in [6.07, 6.45) is 4.51. The number of carbonyl (C=O) groups excluding carboxylic acids is 1. The summed E-state index contributed by atoms with van der Waals surface area (Å²) in [6, 6.07) is 5.73. The molecule has 2 N–H and O–H groups in total. The van der Waals surface area contributed by atoms with E-state index in [0.717, 1.165) is 42.4 Å². The molecule has 1 aliphatic heterocycles. The molecule has 8 nitrogen and oxygen atoms in total. The number of hydrogen-bond donors (Lipinski definition) is 2. The zero-order chi connectivity index (χ0) is 22.8. The molecule has 31 heavy (non-hydrogen) atoms. The maximum atomic E-state index is 12.9. The van der Waals surface area contributed by atoms with Gasteiger partial charge in [0, 0.05) is 30.8 Å². The van der Waals surface area contributed by atoms with Crippen LogP contribution in [0.25, 0.3) is 5.57 Å². The SMILES string of the molecule is CN1CCC=C(c2nsnc2SCCCC(=O)c2ccc(F)cc2)C1.O=C(O)C(=O)O. The molecule has 0 fully saturated rings. The molecule has 0 spiro atoms. The van der Waals surface area contributed by atoms with Crippen LogP contribution in [-0.2, 0) is 9.59 Å². The predicted octanol–water partition coefficient (Wildman–Crippen LogP) is 3.31. The topological polar surface area (TPSA) is 121 Å². The van der Waals surface area contributed by atoms with E-state index >= 15 is 0 Å². The summed E-state index contributed by atoms with van der Waals surface area (Å²) in [4.78, 5) is 32.6. The summed E-state index contributed by atoms with van der Waals surface area (Å²) in [5.41, 5.74) is 2.80. The number of thioether (sulfide) groups is 1. The van der Waals surface area contributed by atoms with Crippen molar-refractivity contribution in [3.8, 4) is 0 Å². The molecular formula is C20H22FN3O5S2. The number of benzene rings is 1. The van der Waals surface area contributed by atoms with E-state index in [-0.39, 0.29) is 11.6 Å². The Morgan fingerprint density at radius 1 is 1.16 bits per heavy atom. The molecule has 3 rings (SSSR count). The van der Waals surface area contributed by atoms with Crippen molar-refractivity contribution in [1.82, 2.24) is 13.6 Å². The molecule has 0 bridgehead atoms. The smallest absolute Gasteiger partial charge is 0.414 e. The fourth-order valence-electron chi connectivity index (χ4n) is 2.72. The van der Waals surface area contributed by atoms with Gasteiger partial charge in [-0.2, -0.15) is 8.75 Å². The van der Waals surface area contributed by atoms with Gasteiger partial charge >= 0.3 is 11.9 Å². The number of ketones is 1. The molecule has 0 saturated heterocycles. The fraction of sp³-hybridized carbons (Fsp3) is 0.350. The van der Waals surface area contributed by atoms with E-state index in [4.69, 9.17) is 19.8 Å². The molecule has 0 aliphatic carbocycles. The Labute approximate surface area is 187 Å². The number of likely N-dealkylation sites (N-methyl/N-ethyl adjacent to an activating group) is 1. The first-order chi connectivity index (χ1) is 14.8. The quantitative estimate of drug-likeness (QED) is 0.273. The number of aromatic nitrogens is 2. The van der Waals surface area contributed by atoms with E-state index in [1.165, 1.54) is 29.4 Å². The van der Waals surface area contributed by atoms with Crippen LogP contribution >= 0.6 is 23.5 Å². The van der Waals surface area contributed by atoms with Crippen molar-refractivity contribution in [2.75, 3.05) is 25.9 Å². The molecular weight excluding hydrogens is 445 g/mol. The van der Waals surface area contributed by atoms with Gasteiger partial charge in [-0.25, -0.2) is 14.0 Å². The number of carbonyl (C=O) groups is 3. The van der Waals surface area contributed by atoms with Gasteiger partial charge in [0.1, 0.15) is 16.5 Å². The Bertz CT molecular complexity index is 935. The van der Waals surface area contributed by atoms with Gasteiger partial charge in [-0.3, -0.25) is 4.79 Å². The molecule has 166 valence electrons. The number of nitrogens with zero attached hydrogens (tertiary/aromatic N) is 3. The van der Waals surface area contributed by atoms with E-state index in [2.05, 4.69) is 26.8 Å². The fourth-order valence-corrected chi connectivity index (χ4v) is 4.37. The predicted molar refractivity (Wildman–Crippen MR) is 116 cm³/mol. The zero-order valence-corrected chi connectivity index (χ0v) is 18.4. The van der Waals surface area contributed by atoms with Crippen LogP contribution in [0.4, 0.5) is 4.39 Å². The van der Waals surface area contributed by atoms with Crippen molar-refractivity contribution in [2.24, 2.45) is 0 Å². The molecule has 0 unspecified atom stereocenters. The minimum atomic E-state index is -1.82. The maximum absolute atomic E-state index is 12.9. The van der Waals surface area contributed by atoms with Crippen molar-refractivity contribution in [3.63, 3.8) is 0 Å². The first kappa shape index (κ1) is 24.6. The Balaban J connectivity index is 0.000000501. The van der Waals surface area contributed by atoms with Gasteiger partial charge in [0.2, 0.25) is 0 Å². The number of carboxylic acids is 2. The summed E-state index contributed by atoms with van der Waals surface area (Å²) in [5.74, 6) is -3.11. The molecule has 0 amide bonds. The van der Waals surface area contributed by atoms with Crippen molar-refractivity contribution in [3.05, 3.63) is 47.4 Å². The molecule has 0 radical (unpaired) electrons. The lowest BCUT2D eigenvalue weighted by atomic mass is 10.1. The summed E-state index contributed by atoms with van der Waals surface area (Å²) >= 11 is 2.89. The van der Waals surface area contributed by atoms with Crippen molar-refractivity contribution >= 4 is 46.8 Å². The van der Waals surface area contributed by atoms with Gasteiger partial charge in [0.15, 0.2) is 5.78 Å². The van der Waals surface area contributed by atoms with Gasteiger partial charge in [0.25, 0.3) is 0 Å². The molecule has 0 atom stereocenters. The highest BCUT2D eigenvalue weighted by Gasteiger charge is 2.17. The lowest BCUT2D eigenvalue weighted by Gasteiger charge is -2.22. The van der Waals surface area contributed by atoms with E-state index in [1.54, 1.807) is 23.9 Å². The van der Waals surface area contributed by atoms with Crippen LogP contribution in [0.2, 0.25) is 0 Å². The Morgan fingerprint density at radius 3 is 2.45 bits per heavy atom. The third-order valence-corrected chi connectivity index (χ3v) is 5.94. The maximum Gasteiger partial charge on any atom is 0.414 e. The average Bonchev–Trinajstić information content (AvgIpc) is 3.20. The molecule has 2 aromatic rings. The first-order valence-electron chi connectivity index (χ1n) is 9.36. The van der Waals surface area contributed by atoms with Crippen molar-refractivity contribution in [1.29, 1.82) is 0 Å². The molecule has 2 heterocycles. The normalized spacial score (nSPS) is 13.7.